The topological polar surface area (TPSA) is 15.7 Å². The van der Waals surface area contributed by atoms with Gasteiger partial charge in [-0.25, -0.2) is 9.34 Å². The first-order valence-electron chi connectivity index (χ1n) is 7.02. The molecule has 0 aliphatic heterocycles. The van der Waals surface area contributed by atoms with Crippen LogP contribution in [0.1, 0.15) is 48.5 Å². The summed E-state index contributed by atoms with van der Waals surface area (Å²) < 4.78 is 10.9. The second-order valence-electron chi connectivity index (χ2n) is 5.51. The van der Waals surface area contributed by atoms with E-state index in [0.29, 0.717) is 24.7 Å². The Kier molecular flexibility index (Phi) is 9.55. The number of hydrogen-bond donors (Lipinski definition) is 1. The molecule has 0 bridgehead atoms. The first kappa shape index (κ1) is 19.4. The zero-order chi connectivity index (χ0) is 15.2. The van der Waals surface area contributed by atoms with Crippen LogP contribution in [0.4, 0.5) is 0 Å². The summed E-state index contributed by atoms with van der Waals surface area (Å²) in [7, 11) is -0.832. The maximum Gasteiger partial charge on any atom is 0.189 e. The van der Waals surface area contributed by atoms with Gasteiger partial charge in [-0.1, -0.05) is 6.08 Å². The fourth-order valence-corrected chi connectivity index (χ4v) is 4.88. The van der Waals surface area contributed by atoms with E-state index in [4.69, 9.17) is 4.52 Å². The number of hydrogen-bond acceptors (Lipinski definition) is 4. The Morgan fingerprint density at radius 2 is 1.42 bits per heavy atom. The normalized spacial score (nSPS) is 15.8. The fraction of sp³-hybridized carbons (Fsp3) is 0.857. The molecule has 2 atom stereocenters. The summed E-state index contributed by atoms with van der Waals surface area (Å²) in [4.78, 5) is 0. The van der Waals surface area contributed by atoms with Gasteiger partial charge in [0.1, 0.15) is 0 Å². The Hall–Kier alpha value is 0.400. The highest BCUT2D eigenvalue weighted by Gasteiger charge is 2.34. The standard InChI is InChI=1S/C14H31N2OPS/c1-9-10-17-18(15(11(2)3)12(4)5)16(13(6)7)14(8)19/h9,11-14,19H,1,10H2,2-8H3. The third kappa shape index (κ3) is 6.14. The van der Waals surface area contributed by atoms with Crippen molar-refractivity contribution in [3.05, 3.63) is 12.7 Å². The number of thiol groups is 1. The lowest BCUT2D eigenvalue weighted by molar-refractivity contribution is 0.211. The van der Waals surface area contributed by atoms with Crippen LogP contribution in [-0.2, 0) is 4.52 Å². The molecule has 0 rings (SSSR count). The van der Waals surface area contributed by atoms with Crippen molar-refractivity contribution < 1.29 is 4.52 Å². The van der Waals surface area contributed by atoms with E-state index < -0.39 is 8.45 Å². The van der Waals surface area contributed by atoms with Crippen molar-refractivity contribution in [2.24, 2.45) is 0 Å². The maximum absolute atomic E-state index is 6.11. The van der Waals surface area contributed by atoms with Crippen molar-refractivity contribution in [3.63, 3.8) is 0 Å². The van der Waals surface area contributed by atoms with Gasteiger partial charge < -0.3 is 4.52 Å². The molecule has 0 spiro atoms. The molecule has 0 aromatic heterocycles. The van der Waals surface area contributed by atoms with E-state index in [0.717, 1.165) is 0 Å². The van der Waals surface area contributed by atoms with Crippen molar-refractivity contribution in [2.45, 2.75) is 72.0 Å². The highest BCUT2D eigenvalue weighted by Crippen LogP contribution is 2.51. The monoisotopic (exact) mass is 306 g/mol. The molecule has 0 radical (unpaired) electrons. The van der Waals surface area contributed by atoms with Crippen LogP contribution in [-0.4, -0.2) is 39.4 Å². The Labute approximate surface area is 126 Å². The zero-order valence-corrected chi connectivity index (χ0v) is 15.3. The van der Waals surface area contributed by atoms with Crippen LogP contribution >= 0.6 is 21.1 Å². The predicted molar refractivity (Wildman–Crippen MR) is 90.6 cm³/mol. The molecule has 0 saturated carbocycles. The van der Waals surface area contributed by atoms with Crippen molar-refractivity contribution in [1.29, 1.82) is 0 Å². The smallest absolute Gasteiger partial charge is 0.189 e. The molecule has 19 heavy (non-hydrogen) atoms. The van der Waals surface area contributed by atoms with Crippen LogP contribution < -0.4 is 0 Å². The molecule has 0 saturated heterocycles. The third-order valence-corrected chi connectivity index (χ3v) is 6.01. The van der Waals surface area contributed by atoms with Gasteiger partial charge >= 0.3 is 0 Å². The minimum absolute atomic E-state index is 0.163. The van der Waals surface area contributed by atoms with E-state index in [1.807, 2.05) is 6.08 Å². The molecule has 0 aromatic carbocycles. The average Bonchev–Trinajstić information content (AvgIpc) is 2.23. The maximum atomic E-state index is 6.11. The molecule has 0 amide bonds. The van der Waals surface area contributed by atoms with E-state index in [9.17, 15) is 0 Å². The van der Waals surface area contributed by atoms with Gasteiger partial charge in [-0.05, 0) is 48.5 Å². The van der Waals surface area contributed by atoms with Crippen LogP contribution in [0.5, 0.6) is 0 Å². The minimum Gasteiger partial charge on any atom is -0.327 e. The Morgan fingerprint density at radius 3 is 1.68 bits per heavy atom. The minimum atomic E-state index is -0.832. The largest absolute Gasteiger partial charge is 0.327 e. The Bertz CT molecular complexity index is 224. The Morgan fingerprint density at radius 1 is 1.00 bits per heavy atom. The van der Waals surface area contributed by atoms with Gasteiger partial charge in [-0.15, -0.1) is 6.58 Å². The first-order chi connectivity index (χ1) is 8.73. The van der Waals surface area contributed by atoms with Crippen LogP contribution in [0.2, 0.25) is 0 Å². The summed E-state index contributed by atoms with van der Waals surface area (Å²) in [5.74, 6) is 0. The second-order valence-corrected chi connectivity index (χ2v) is 7.95. The van der Waals surface area contributed by atoms with Crippen LogP contribution in [0, 0.1) is 0 Å². The van der Waals surface area contributed by atoms with E-state index in [1.165, 1.54) is 0 Å². The van der Waals surface area contributed by atoms with Gasteiger partial charge in [0.2, 0.25) is 0 Å². The quantitative estimate of drug-likeness (QED) is 0.292. The molecular formula is C14H31N2OPS. The highest BCUT2D eigenvalue weighted by molar-refractivity contribution is 7.81. The van der Waals surface area contributed by atoms with Crippen molar-refractivity contribution in [2.75, 3.05) is 6.61 Å². The SMILES string of the molecule is C=CCOP(N(C(C)C)C(C)C)N(C(C)C)C(C)S. The van der Waals surface area contributed by atoms with E-state index in [1.54, 1.807) is 0 Å². The lowest BCUT2D eigenvalue weighted by Crippen LogP contribution is -2.42. The molecule has 0 aliphatic rings. The molecule has 0 fully saturated rings. The summed E-state index contributed by atoms with van der Waals surface area (Å²) in [5, 5.41) is 0.163. The lowest BCUT2D eigenvalue weighted by Gasteiger charge is -2.45. The molecule has 0 aromatic rings. The van der Waals surface area contributed by atoms with E-state index in [-0.39, 0.29) is 5.37 Å². The van der Waals surface area contributed by atoms with E-state index >= 15 is 0 Å². The highest BCUT2D eigenvalue weighted by atomic mass is 32.1. The van der Waals surface area contributed by atoms with Crippen molar-refractivity contribution >= 4 is 21.1 Å². The zero-order valence-electron chi connectivity index (χ0n) is 13.5. The predicted octanol–water partition coefficient (Wildman–Crippen LogP) is 4.52. The van der Waals surface area contributed by atoms with Crippen LogP contribution in [0.3, 0.4) is 0 Å². The third-order valence-electron chi connectivity index (χ3n) is 2.67. The van der Waals surface area contributed by atoms with E-state index in [2.05, 4.69) is 77.0 Å². The lowest BCUT2D eigenvalue weighted by atomic mass is 10.3. The molecule has 114 valence electrons. The van der Waals surface area contributed by atoms with Crippen LogP contribution in [0.25, 0.3) is 0 Å². The molecule has 0 N–H and O–H groups in total. The van der Waals surface area contributed by atoms with Gasteiger partial charge in [0.15, 0.2) is 8.45 Å². The summed E-state index contributed by atoms with van der Waals surface area (Å²) in [6, 6.07) is 1.26. The van der Waals surface area contributed by atoms with Gasteiger partial charge in [0.05, 0.1) is 12.0 Å². The average molecular weight is 306 g/mol. The van der Waals surface area contributed by atoms with Gasteiger partial charge in [0.25, 0.3) is 0 Å². The molecule has 0 heterocycles. The summed E-state index contributed by atoms with van der Waals surface area (Å²) in [5.41, 5.74) is 0. The van der Waals surface area contributed by atoms with Crippen molar-refractivity contribution in [3.8, 4) is 0 Å². The van der Waals surface area contributed by atoms with Gasteiger partial charge in [-0.2, -0.15) is 12.6 Å². The molecule has 2 unspecified atom stereocenters. The van der Waals surface area contributed by atoms with Crippen molar-refractivity contribution in [1.82, 2.24) is 9.34 Å². The summed E-state index contributed by atoms with van der Waals surface area (Å²) in [6.07, 6.45) is 1.82. The molecule has 5 heteroatoms. The summed E-state index contributed by atoms with van der Waals surface area (Å²) in [6.45, 7) is 19.7. The second kappa shape index (κ2) is 9.36. The molecular weight excluding hydrogens is 275 g/mol. The van der Waals surface area contributed by atoms with Crippen LogP contribution in [0.15, 0.2) is 12.7 Å². The fourth-order valence-electron chi connectivity index (χ4n) is 2.14. The molecule has 3 nitrogen and oxygen atoms in total. The van der Waals surface area contributed by atoms with Gasteiger partial charge in [-0.3, -0.25) is 0 Å². The van der Waals surface area contributed by atoms with Gasteiger partial charge in [0, 0.05) is 18.1 Å². The molecule has 0 aliphatic carbocycles. The number of nitrogens with zero attached hydrogens (tertiary/aromatic N) is 2. The first-order valence-corrected chi connectivity index (χ1v) is 8.70. The summed E-state index contributed by atoms with van der Waals surface area (Å²) >= 11 is 4.63. The Balaban J connectivity index is 5.29. The number of rotatable bonds is 9.